The number of hydrogen-bond acceptors (Lipinski definition) is 1. The standard InChI is InChI=1S/C12H12BrNO/c1-7-9-5-4-6-10(13)12(9)14(3)11(7)8(2)15/h4-6H,1-3H3. The average Bonchev–Trinajstić information content (AvgIpc) is 2.40. The molecule has 2 nitrogen and oxygen atoms in total. The normalized spacial score (nSPS) is 10.9. The first-order valence-electron chi connectivity index (χ1n) is 4.78. The van der Waals surface area contributed by atoms with Gasteiger partial charge in [-0.25, -0.2) is 0 Å². The number of carbonyl (C=O) groups is 1. The van der Waals surface area contributed by atoms with Crippen LogP contribution in [0, 0.1) is 6.92 Å². The van der Waals surface area contributed by atoms with Gasteiger partial charge in [-0.3, -0.25) is 4.79 Å². The fourth-order valence-corrected chi connectivity index (χ4v) is 2.78. The highest BCUT2D eigenvalue weighted by Gasteiger charge is 2.16. The van der Waals surface area contributed by atoms with Crippen LogP contribution in [0.2, 0.25) is 0 Å². The maximum Gasteiger partial charge on any atom is 0.176 e. The van der Waals surface area contributed by atoms with Crippen molar-refractivity contribution in [1.82, 2.24) is 4.57 Å². The van der Waals surface area contributed by atoms with Crippen molar-refractivity contribution in [3.05, 3.63) is 33.9 Å². The second kappa shape index (κ2) is 3.49. The predicted molar refractivity (Wildman–Crippen MR) is 65.4 cm³/mol. The van der Waals surface area contributed by atoms with Gasteiger partial charge in [0.25, 0.3) is 0 Å². The van der Waals surface area contributed by atoms with Crippen molar-refractivity contribution < 1.29 is 4.79 Å². The molecule has 0 N–H and O–H groups in total. The van der Waals surface area contributed by atoms with Gasteiger partial charge in [0.1, 0.15) is 0 Å². The van der Waals surface area contributed by atoms with E-state index in [0.29, 0.717) is 0 Å². The van der Waals surface area contributed by atoms with E-state index in [1.54, 1.807) is 6.92 Å². The smallest absolute Gasteiger partial charge is 0.176 e. The molecular weight excluding hydrogens is 254 g/mol. The lowest BCUT2D eigenvalue weighted by Gasteiger charge is -2.01. The molecule has 78 valence electrons. The zero-order chi connectivity index (χ0) is 11.2. The quantitative estimate of drug-likeness (QED) is 0.724. The van der Waals surface area contributed by atoms with Crippen LogP contribution >= 0.6 is 15.9 Å². The van der Waals surface area contributed by atoms with E-state index in [1.807, 2.05) is 36.7 Å². The number of fused-ring (bicyclic) bond motifs is 1. The molecule has 0 unspecified atom stereocenters. The van der Waals surface area contributed by atoms with Crippen LogP contribution in [0.25, 0.3) is 10.9 Å². The molecule has 0 aliphatic carbocycles. The topological polar surface area (TPSA) is 22.0 Å². The summed E-state index contributed by atoms with van der Waals surface area (Å²) in [5.74, 6) is 0.109. The molecule has 1 heterocycles. The minimum absolute atomic E-state index is 0.109. The van der Waals surface area contributed by atoms with Crippen molar-refractivity contribution in [2.75, 3.05) is 0 Å². The number of aromatic nitrogens is 1. The monoisotopic (exact) mass is 265 g/mol. The molecule has 0 radical (unpaired) electrons. The number of benzene rings is 1. The van der Waals surface area contributed by atoms with Gasteiger partial charge in [0.05, 0.1) is 11.2 Å². The minimum atomic E-state index is 0.109. The third-order valence-corrected chi connectivity index (χ3v) is 3.39. The van der Waals surface area contributed by atoms with Crippen molar-refractivity contribution >= 4 is 32.6 Å². The zero-order valence-electron chi connectivity index (χ0n) is 8.97. The number of nitrogens with zero attached hydrogens (tertiary/aromatic N) is 1. The number of aryl methyl sites for hydroxylation is 2. The lowest BCUT2D eigenvalue weighted by Crippen LogP contribution is -2.02. The van der Waals surface area contributed by atoms with E-state index in [9.17, 15) is 4.79 Å². The van der Waals surface area contributed by atoms with Crippen molar-refractivity contribution in [1.29, 1.82) is 0 Å². The third kappa shape index (κ3) is 1.42. The van der Waals surface area contributed by atoms with Crippen LogP contribution in [-0.2, 0) is 7.05 Å². The molecule has 0 atom stereocenters. The van der Waals surface area contributed by atoms with Crippen LogP contribution in [0.5, 0.6) is 0 Å². The summed E-state index contributed by atoms with van der Waals surface area (Å²) in [6, 6.07) is 6.02. The molecule has 0 saturated heterocycles. The first-order chi connectivity index (χ1) is 7.04. The SMILES string of the molecule is CC(=O)c1c(C)c2cccc(Br)c2n1C. The number of rotatable bonds is 1. The summed E-state index contributed by atoms with van der Waals surface area (Å²) >= 11 is 3.51. The van der Waals surface area contributed by atoms with Crippen molar-refractivity contribution in [2.24, 2.45) is 7.05 Å². The number of carbonyl (C=O) groups excluding carboxylic acids is 1. The van der Waals surface area contributed by atoms with E-state index < -0.39 is 0 Å². The largest absolute Gasteiger partial charge is 0.340 e. The molecule has 0 spiro atoms. The molecule has 0 fully saturated rings. The molecule has 1 aromatic heterocycles. The first-order valence-corrected chi connectivity index (χ1v) is 5.57. The van der Waals surface area contributed by atoms with Crippen molar-refractivity contribution in [3.63, 3.8) is 0 Å². The highest BCUT2D eigenvalue weighted by Crippen LogP contribution is 2.30. The average molecular weight is 266 g/mol. The number of para-hydroxylation sites is 1. The van der Waals surface area contributed by atoms with Crippen LogP contribution in [0.4, 0.5) is 0 Å². The number of Topliss-reactive ketones (excluding diaryl/α,β-unsaturated/α-hetero) is 1. The molecule has 1 aromatic carbocycles. The van der Waals surface area contributed by atoms with E-state index in [-0.39, 0.29) is 5.78 Å². The van der Waals surface area contributed by atoms with E-state index in [1.165, 1.54) is 0 Å². The first kappa shape index (κ1) is 10.4. The Balaban J connectivity index is 2.98. The van der Waals surface area contributed by atoms with E-state index >= 15 is 0 Å². The summed E-state index contributed by atoms with van der Waals surface area (Å²) in [5.41, 5.74) is 2.93. The van der Waals surface area contributed by atoms with Crippen LogP contribution < -0.4 is 0 Å². The predicted octanol–water partition coefficient (Wildman–Crippen LogP) is 3.45. The van der Waals surface area contributed by atoms with Gasteiger partial charge in [0.2, 0.25) is 0 Å². The molecule has 0 aliphatic rings. The van der Waals surface area contributed by atoms with Gasteiger partial charge in [-0.1, -0.05) is 12.1 Å². The second-order valence-electron chi connectivity index (χ2n) is 3.72. The Morgan fingerprint density at radius 2 is 2.07 bits per heavy atom. The summed E-state index contributed by atoms with van der Waals surface area (Å²) in [4.78, 5) is 11.5. The molecule has 0 saturated carbocycles. The Morgan fingerprint density at radius 3 is 2.60 bits per heavy atom. The highest BCUT2D eigenvalue weighted by molar-refractivity contribution is 9.10. The van der Waals surface area contributed by atoms with Crippen LogP contribution in [0.3, 0.4) is 0 Å². The summed E-state index contributed by atoms with van der Waals surface area (Å²) in [6.45, 7) is 3.60. The summed E-state index contributed by atoms with van der Waals surface area (Å²) < 4.78 is 2.98. The molecule has 15 heavy (non-hydrogen) atoms. The van der Waals surface area contributed by atoms with E-state index in [2.05, 4.69) is 15.9 Å². The third-order valence-electron chi connectivity index (χ3n) is 2.75. The number of hydrogen-bond donors (Lipinski definition) is 0. The van der Waals surface area contributed by atoms with Crippen molar-refractivity contribution in [2.45, 2.75) is 13.8 Å². The maximum absolute atomic E-state index is 11.5. The number of ketones is 1. The van der Waals surface area contributed by atoms with Crippen LogP contribution in [-0.4, -0.2) is 10.4 Å². The van der Waals surface area contributed by atoms with Crippen LogP contribution in [0.1, 0.15) is 23.0 Å². The van der Waals surface area contributed by atoms with Gasteiger partial charge in [0, 0.05) is 23.8 Å². The minimum Gasteiger partial charge on any atom is -0.340 e. The van der Waals surface area contributed by atoms with Crippen molar-refractivity contribution in [3.8, 4) is 0 Å². The van der Waals surface area contributed by atoms with Gasteiger partial charge < -0.3 is 4.57 Å². The zero-order valence-corrected chi connectivity index (χ0v) is 10.6. The lowest BCUT2D eigenvalue weighted by molar-refractivity contribution is 0.101. The van der Waals surface area contributed by atoms with Crippen LogP contribution in [0.15, 0.2) is 22.7 Å². The molecule has 0 amide bonds. The Kier molecular flexibility index (Phi) is 2.43. The fraction of sp³-hybridized carbons (Fsp3) is 0.250. The molecule has 2 aromatic rings. The summed E-state index contributed by atoms with van der Waals surface area (Å²) in [7, 11) is 1.93. The number of halogens is 1. The molecule has 3 heteroatoms. The van der Waals surface area contributed by atoms with Gasteiger partial charge >= 0.3 is 0 Å². The Hall–Kier alpha value is -1.09. The lowest BCUT2D eigenvalue weighted by atomic mass is 10.1. The summed E-state index contributed by atoms with van der Waals surface area (Å²) in [6.07, 6.45) is 0. The van der Waals surface area contributed by atoms with Gasteiger partial charge in [0.15, 0.2) is 5.78 Å². The van der Waals surface area contributed by atoms with Gasteiger partial charge in [-0.2, -0.15) is 0 Å². The Bertz CT molecular complexity index is 554. The van der Waals surface area contributed by atoms with E-state index in [0.717, 1.165) is 26.6 Å². The highest BCUT2D eigenvalue weighted by atomic mass is 79.9. The molecule has 0 bridgehead atoms. The fourth-order valence-electron chi connectivity index (χ4n) is 2.15. The molecule has 0 aliphatic heterocycles. The Morgan fingerprint density at radius 1 is 1.40 bits per heavy atom. The molecule has 2 rings (SSSR count). The van der Waals surface area contributed by atoms with E-state index in [4.69, 9.17) is 0 Å². The van der Waals surface area contributed by atoms with Gasteiger partial charge in [-0.15, -0.1) is 0 Å². The van der Waals surface area contributed by atoms with Gasteiger partial charge in [-0.05, 0) is 34.5 Å². The second-order valence-corrected chi connectivity index (χ2v) is 4.58. The Labute approximate surface area is 97.0 Å². The summed E-state index contributed by atoms with van der Waals surface area (Å²) in [5, 5.41) is 1.14. The molecular formula is C12H12BrNO. The maximum atomic E-state index is 11.5.